The summed E-state index contributed by atoms with van der Waals surface area (Å²) in [6, 6.07) is 9.93. The second-order valence-electron chi connectivity index (χ2n) is 4.74. The fraction of sp³-hybridized carbons (Fsp3) is 0.0625. The van der Waals surface area contributed by atoms with Gasteiger partial charge in [0, 0.05) is 12.6 Å². The standard InChI is InChI=1S/C16H11FN2O3/c1-18-14(20)9-6-7-13(12(17)8-9)19-15(21)10-4-2-3-5-11(10)16(19)22/h2-8H,1H3,(H,18,20). The molecular weight excluding hydrogens is 287 g/mol. The maximum absolute atomic E-state index is 14.2. The quantitative estimate of drug-likeness (QED) is 0.862. The Balaban J connectivity index is 2.05. The van der Waals surface area contributed by atoms with Crippen LogP contribution in [0.15, 0.2) is 42.5 Å². The van der Waals surface area contributed by atoms with E-state index in [1.54, 1.807) is 12.1 Å². The van der Waals surface area contributed by atoms with E-state index in [1.807, 2.05) is 0 Å². The molecule has 1 aliphatic rings. The molecule has 1 N–H and O–H groups in total. The molecule has 1 heterocycles. The van der Waals surface area contributed by atoms with Crippen LogP contribution >= 0.6 is 0 Å². The number of benzene rings is 2. The molecule has 0 saturated heterocycles. The van der Waals surface area contributed by atoms with Crippen molar-refractivity contribution in [3.8, 4) is 0 Å². The van der Waals surface area contributed by atoms with Crippen molar-refractivity contribution >= 4 is 23.4 Å². The Kier molecular flexibility index (Phi) is 3.21. The van der Waals surface area contributed by atoms with Crippen LogP contribution in [0.1, 0.15) is 31.1 Å². The number of rotatable bonds is 2. The van der Waals surface area contributed by atoms with Gasteiger partial charge in [0.05, 0.1) is 16.8 Å². The lowest BCUT2D eigenvalue weighted by atomic mass is 10.1. The Hall–Kier alpha value is -3.02. The smallest absolute Gasteiger partial charge is 0.266 e. The Bertz CT molecular complexity index is 782. The Morgan fingerprint density at radius 1 is 1.05 bits per heavy atom. The van der Waals surface area contributed by atoms with E-state index in [2.05, 4.69) is 5.32 Å². The summed E-state index contributed by atoms with van der Waals surface area (Å²) in [4.78, 5) is 36.9. The molecule has 0 unspecified atom stereocenters. The number of anilines is 1. The van der Waals surface area contributed by atoms with Crippen molar-refractivity contribution < 1.29 is 18.8 Å². The second kappa shape index (κ2) is 5.07. The highest BCUT2D eigenvalue weighted by Gasteiger charge is 2.37. The van der Waals surface area contributed by atoms with Crippen molar-refractivity contribution in [2.24, 2.45) is 0 Å². The first-order valence-electron chi connectivity index (χ1n) is 6.54. The van der Waals surface area contributed by atoms with Gasteiger partial charge in [0.2, 0.25) is 0 Å². The molecule has 22 heavy (non-hydrogen) atoms. The monoisotopic (exact) mass is 298 g/mol. The molecular formula is C16H11FN2O3. The molecule has 0 saturated carbocycles. The Morgan fingerprint density at radius 3 is 2.14 bits per heavy atom. The minimum Gasteiger partial charge on any atom is -0.355 e. The zero-order chi connectivity index (χ0) is 15.9. The van der Waals surface area contributed by atoms with Gasteiger partial charge in [-0.2, -0.15) is 0 Å². The second-order valence-corrected chi connectivity index (χ2v) is 4.74. The fourth-order valence-electron chi connectivity index (χ4n) is 2.38. The van der Waals surface area contributed by atoms with Gasteiger partial charge in [-0.05, 0) is 30.3 Å². The number of amides is 3. The molecule has 0 aliphatic carbocycles. The summed E-state index contributed by atoms with van der Waals surface area (Å²) in [5.41, 5.74) is 0.420. The molecule has 0 radical (unpaired) electrons. The van der Waals surface area contributed by atoms with Gasteiger partial charge in [-0.15, -0.1) is 0 Å². The maximum atomic E-state index is 14.2. The molecule has 0 aromatic heterocycles. The van der Waals surface area contributed by atoms with Crippen molar-refractivity contribution in [2.45, 2.75) is 0 Å². The Labute approximate surface area is 125 Å². The highest BCUT2D eigenvalue weighted by Crippen LogP contribution is 2.30. The molecule has 0 spiro atoms. The minimum absolute atomic E-state index is 0.111. The third-order valence-corrected chi connectivity index (χ3v) is 3.47. The van der Waals surface area contributed by atoms with Crippen LogP contribution in [0.4, 0.5) is 10.1 Å². The van der Waals surface area contributed by atoms with Crippen molar-refractivity contribution in [3.05, 3.63) is 65.0 Å². The van der Waals surface area contributed by atoms with Gasteiger partial charge in [-0.3, -0.25) is 14.4 Å². The molecule has 0 bridgehead atoms. The average Bonchev–Trinajstić information content (AvgIpc) is 2.79. The van der Waals surface area contributed by atoms with Crippen molar-refractivity contribution in [1.29, 1.82) is 0 Å². The van der Waals surface area contributed by atoms with Gasteiger partial charge < -0.3 is 5.32 Å². The first-order chi connectivity index (χ1) is 10.5. The van der Waals surface area contributed by atoms with Crippen molar-refractivity contribution in [2.75, 3.05) is 11.9 Å². The third-order valence-electron chi connectivity index (χ3n) is 3.47. The van der Waals surface area contributed by atoms with Gasteiger partial charge in [0.25, 0.3) is 17.7 Å². The fourth-order valence-corrected chi connectivity index (χ4v) is 2.38. The summed E-state index contributed by atoms with van der Waals surface area (Å²) in [6.07, 6.45) is 0. The largest absolute Gasteiger partial charge is 0.355 e. The van der Waals surface area contributed by atoms with Gasteiger partial charge >= 0.3 is 0 Å². The van der Waals surface area contributed by atoms with E-state index >= 15 is 0 Å². The molecule has 0 fully saturated rings. The molecule has 5 nitrogen and oxygen atoms in total. The molecule has 1 aliphatic heterocycles. The number of nitrogens with one attached hydrogen (secondary N) is 1. The summed E-state index contributed by atoms with van der Waals surface area (Å²) >= 11 is 0. The van der Waals surface area contributed by atoms with Crippen LogP contribution in [-0.4, -0.2) is 24.8 Å². The predicted molar refractivity (Wildman–Crippen MR) is 77.4 cm³/mol. The lowest BCUT2D eigenvalue weighted by Crippen LogP contribution is -2.30. The normalized spacial score (nSPS) is 13.3. The number of hydrogen-bond acceptors (Lipinski definition) is 3. The predicted octanol–water partition coefficient (Wildman–Crippen LogP) is 1.99. The number of carbonyl (C=O) groups excluding carboxylic acids is 3. The highest BCUT2D eigenvalue weighted by molar-refractivity contribution is 6.34. The van der Waals surface area contributed by atoms with Crippen LogP contribution < -0.4 is 10.2 Å². The zero-order valence-corrected chi connectivity index (χ0v) is 11.6. The third kappa shape index (κ3) is 1.96. The van der Waals surface area contributed by atoms with E-state index < -0.39 is 23.5 Å². The number of nitrogens with zero attached hydrogens (tertiary/aromatic N) is 1. The van der Waals surface area contributed by atoms with Gasteiger partial charge in [-0.1, -0.05) is 12.1 Å². The molecule has 6 heteroatoms. The summed E-state index contributed by atoms with van der Waals surface area (Å²) in [6.45, 7) is 0. The average molecular weight is 298 g/mol. The number of fused-ring (bicyclic) bond motifs is 1. The zero-order valence-electron chi connectivity index (χ0n) is 11.6. The van der Waals surface area contributed by atoms with E-state index in [4.69, 9.17) is 0 Å². The van der Waals surface area contributed by atoms with Gasteiger partial charge in [0.15, 0.2) is 0 Å². The van der Waals surface area contributed by atoms with Crippen LogP contribution in [-0.2, 0) is 0 Å². The summed E-state index contributed by atoms with van der Waals surface area (Å²) < 4.78 is 14.2. The van der Waals surface area contributed by atoms with Crippen LogP contribution in [0.25, 0.3) is 0 Å². The van der Waals surface area contributed by atoms with E-state index in [0.717, 1.165) is 11.0 Å². The van der Waals surface area contributed by atoms with Crippen molar-refractivity contribution in [3.63, 3.8) is 0 Å². The number of halogens is 1. The molecule has 3 rings (SSSR count). The van der Waals surface area contributed by atoms with Crippen LogP contribution in [0.3, 0.4) is 0 Å². The van der Waals surface area contributed by atoms with Gasteiger partial charge in [-0.25, -0.2) is 9.29 Å². The number of hydrogen-bond donors (Lipinski definition) is 1. The lowest BCUT2D eigenvalue weighted by molar-refractivity contribution is 0.0923. The maximum Gasteiger partial charge on any atom is 0.266 e. The molecule has 2 aromatic carbocycles. The summed E-state index contributed by atoms with van der Waals surface area (Å²) in [5, 5.41) is 2.38. The van der Waals surface area contributed by atoms with Crippen LogP contribution in [0.5, 0.6) is 0 Å². The lowest BCUT2D eigenvalue weighted by Gasteiger charge is -2.15. The number of imide groups is 1. The molecule has 3 amide bonds. The summed E-state index contributed by atoms with van der Waals surface area (Å²) in [5.74, 6) is -2.41. The Morgan fingerprint density at radius 2 is 1.64 bits per heavy atom. The van der Waals surface area contributed by atoms with E-state index in [9.17, 15) is 18.8 Å². The van der Waals surface area contributed by atoms with E-state index in [0.29, 0.717) is 0 Å². The highest BCUT2D eigenvalue weighted by atomic mass is 19.1. The van der Waals surface area contributed by atoms with Crippen molar-refractivity contribution in [1.82, 2.24) is 5.32 Å². The molecule has 2 aromatic rings. The minimum atomic E-state index is -0.810. The first kappa shape index (κ1) is 13.9. The van der Waals surface area contributed by atoms with E-state index in [1.165, 1.54) is 31.3 Å². The van der Waals surface area contributed by atoms with Crippen LogP contribution in [0.2, 0.25) is 0 Å². The van der Waals surface area contributed by atoms with E-state index in [-0.39, 0.29) is 22.4 Å². The summed E-state index contributed by atoms with van der Waals surface area (Å²) in [7, 11) is 1.43. The SMILES string of the molecule is CNC(=O)c1ccc(N2C(=O)c3ccccc3C2=O)c(F)c1. The molecule has 0 atom stereocenters. The first-order valence-corrected chi connectivity index (χ1v) is 6.54. The molecule has 110 valence electrons. The van der Waals surface area contributed by atoms with Crippen LogP contribution in [0, 0.1) is 5.82 Å². The van der Waals surface area contributed by atoms with Gasteiger partial charge in [0.1, 0.15) is 5.82 Å². The topological polar surface area (TPSA) is 66.5 Å². The number of carbonyl (C=O) groups is 3.